The number of hydrogen-bond acceptors (Lipinski definition) is 8. The zero-order valence-corrected chi connectivity index (χ0v) is 29.4. The number of aliphatic hydroxyl groups is 1. The van der Waals surface area contributed by atoms with Gasteiger partial charge in [0, 0.05) is 41.1 Å². The molecule has 1 unspecified atom stereocenters. The second-order valence-electron chi connectivity index (χ2n) is 13.7. The first kappa shape index (κ1) is 36.7. The molecule has 2 aliphatic carbocycles. The molecule has 1 N–H and O–H groups in total. The highest BCUT2D eigenvalue weighted by Crippen LogP contribution is 2.64. The molecule has 254 valence electrons. The molecule has 8 heteroatoms. The third-order valence-corrected chi connectivity index (χ3v) is 11.5. The van der Waals surface area contributed by atoms with Gasteiger partial charge in [-0.1, -0.05) is 62.4 Å². The Kier molecular flexibility index (Phi) is 13.0. The molecule has 2 aromatic carbocycles. The molecule has 0 heterocycles. The van der Waals surface area contributed by atoms with E-state index in [0.29, 0.717) is 19.6 Å². The van der Waals surface area contributed by atoms with E-state index in [9.17, 15) is 5.11 Å². The molecule has 7 nitrogen and oxygen atoms in total. The van der Waals surface area contributed by atoms with Gasteiger partial charge in [-0.15, -0.1) is 18.3 Å². The van der Waals surface area contributed by atoms with E-state index in [-0.39, 0.29) is 36.8 Å². The van der Waals surface area contributed by atoms with Gasteiger partial charge in [-0.05, 0) is 68.4 Å². The summed E-state index contributed by atoms with van der Waals surface area (Å²) in [4.78, 5) is 1.14. The van der Waals surface area contributed by atoms with E-state index in [0.717, 1.165) is 41.0 Å². The minimum absolute atomic E-state index is 0.0496. The van der Waals surface area contributed by atoms with Gasteiger partial charge >= 0.3 is 0 Å². The van der Waals surface area contributed by atoms with Crippen molar-refractivity contribution in [3.8, 4) is 5.75 Å². The van der Waals surface area contributed by atoms with Gasteiger partial charge in [0.2, 0.25) is 0 Å². The summed E-state index contributed by atoms with van der Waals surface area (Å²) in [6.45, 7) is 16.8. The molecule has 0 amide bonds. The van der Waals surface area contributed by atoms with Crippen LogP contribution >= 0.6 is 11.8 Å². The highest BCUT2D eigenvalue weighted by Gasteiger charge is 2.65. The minimum atomic E-state index is -0.628. The first-order valence-corrected chi connectivity index (χ1v) is 17.1. The van der Waals surface area contributed by atoms with Crippen molar-refractivity contribution >= 4 is 11.8 Å². The molecular formula is C38H54O7S. The average molecular weight is 655 g/mol. The molecule has 0 aromatic heterocycles. The standard InChI is InChI=1S/C38H54O7S/c1-9-38-23-37(5,45-26-41-7)32(35(38)44-25-40-6)20-19-31(38)27(2)33(46-30-13-11-10-12-14-30)21-34(39)36(3,4)24-43-22-28-15-17-29(42-8)18-16-28/h9-18,31-35,39H,1-2,19-26H2,3-8H3/t31-,32+,33?,34-,35+,37+,38-/m0/s1. The molecule has 2 saturated carbocycles. The lowest BCUT2D eigenvalue weighted by Gasteiger charge is -2.47. The Labute approximate surface area is 280 Å². The Hall–Kier alpha value is -2.17. The number of thioether (sulfide) groups is 1. The van der Waals surface area contributed by atoms with Gasteiger partial charge in [0.1, 0.15) is 19.3 Å². The summed E-state index contributed by atoms with van der Waals surface area (Å²) < 4.78 is 35.0. The van der Waals surface area contributed by atoms with E-state index >= 15 is 0 Å². The number of rotatable bonds is 19. The molecule has 2 fully saturated rings. The molecule has 0 saturated heterocycles. The maximum Gasteiger partial charge on any atom is 0.147 e. The van der Waals surface area contributed by atoms with Crippen LogP contribution in [0.4, 0.5) is 0 Å². The van der Waals surface area contributed by atoms with Gasteiger partial charge in [0.05, 0.1) is 38.1 Å². The monoisotopic (exact) mass is 654 g/mol. The third kappa shape index (κ3) is 8.27. The summed E-state index contributed by atoms with van der Waals surface area (Å²) in [5.74, 6) is 1.06. The second-order valence-corrected chi connectivity index (χ2v) is 14.9. The fraction of sp³-hybridized carbons (Fsp3) is 0.579. The minimum Gasteiger partial charge on any atom is -0.497 e. The van der Waals surface area contributed by atoms with Crippen LogP contribution < -0.4 is 4.74 Å². The van der Waals surface area contributed by atoms with Crippen molar-refractivity contribution in [2.45, 2.75) is 81.0 Å². The molecule has 0 spiro atoms. The molecule has 2 aliphatic rings. The highest BCUT2D eigenvalue weighted by atomic mass is 32.2. The number of aliphatic hydroxyl groups excluding tert-OH is 1. The van der Waals surface area contributed by atoms with Crippen LogP contribution in [-0.4, -0.2) is 69.7 Å². The fourth-order valence-electron chi connectivity index (χ4n) is 7.49. The molecule has 4 rings (SSSR count). The van der Waals surface area contributed by atoms with E-state index in [2.05, 4.69) is 57.7 Å². The number of methoxy groups -OCH3 is 3. The molecule has 46 heavy (non-hydrogen) atoms. The number of hydrogen-bond donors (Lipinski definition) is 1. The first-order valence-electron chi connectivity index (χ1n) is 16.2. The van der Waals surface area contributed by atoms with E-state index < -0.39 is 22.5 Å². The van der Waals surface area contributed by atoms with Crippen molar-refractivity contribution < 1.29 is 33.5 Å². The average Bonchev–Trinajstić information content (AvgIpc) is 3.21. The smallest absolute Gasteiger partial charge is 0.147 e. The number of fused-ring (bicyclic) bond motifs is 2. The van der Waals surface area contributed by atoms with Crippen LogP contribution in [0.2, 0.25) is 0 Å². The topological polar surface area (TPSA) is 75.6 Å². The van der Waals surface area contributed by atoms with E-state index in [1.807, 2.05) is 30.3 Å². The molecule has 0 radical (unpaired) electrons. The Morgan fingerprint density at radius 2 is 1.74 bits per heavy atom. The van der Waals surface area contributed by atoms with Crippen LogP contribution in [0.1, 0.15) is 52.0 Å². The summed E-state index contributed by atoms with van der Waals surface area (Å²) in [5, 5.41) is 11.7. The van der Waals surface area contributed by atoms with Crippen LogP contribution in [0.3, 0.4) is 0 Å². The van der Waals surface area contributed by atoms with Crippen molar-refractivity contribution in [1.29, 1.82) is 0 Å². The Morgan fingerprint density at radius 3 is 2.37 bits per heavy atom. The van der Waals surface area contributed by atoms with Crippen molar-refractivity contribution in [1.82, 2.24) is 0 Å². The summed E-state index contributed by atoms with van der Waals surface area (Å²) in [7, 11) is 4.96. The highest BCUT2D eigenvalue weighted by molar-refractivity contribution is 8.00. The molecule has 2 bridgehead atoms. The van der Waals surface area contributed by atoms with Gasteiger partial charge in [0.15, 0.2) is 0 Å². The molecule has 0 aliphatic heterocycles. The van der Waals surface area contributed by atoms with Gasteiger partial charge in [0.25, 0.3) is 0 Å². The van der Waals surface area contributed by atoms with Crippen LogP contribution in [0.5, 0.6) is 5.75 Å². The predicted octanol–water partition coefficient (Wildman–Crippen LogP) is 7.68. The SMILES string of the molecule is C=C[C@]12C[C@@](C)(OCOC)[C@H](CC[C@H]1C(=C)C(C[C@H](O)C(C)(C)COCc1ccc(OC)cc1)Sc1ccccc1)[C@H]2OCOC. The largest absolute Gasteiger partial charge is 0.497 e. The van der Waals surface area contributed by atoms with Crippen molar-refractivity contribution in [2.75, 3.05) is 41.5 Å². The zero-order chi connectivity index (χ0) is 33.4. The van der Waals surface area contributed by atoms with E-state index in [1.165, 1.54) is 0 Å². The number of ether oxygens (including phenoxy) is 6. The summed E-state index contributed by atoms with van der Waals surface area (Å²) in [6, 6.07) is 18.2. The predicted molar refractivity (Wildman–Crippen MR) is 184 cm³/mol. The summed E-state index contributed by atoms with van der Waals surface area (Å²) in [5.41, 5.74) is 0.829. The molecule has 2 aromatic rings. The number of benzene rings is 2. The van der Waals surface area contributed by atoms with Gasteiger partial charge in [-0.2, -0.15) is 0 Å². The van der Waals surface area contributed by atoms with Crippen LogP contribution in [0.15, 0.2) is 84.3 Å². The Bertz CT molecular complexity index is 1250. The van der Waals surface area contributed by atoms with Crippen molar-refractivity contribution in [3.63, 3.8) is 0 Å². The van der Waals surface area contributed by atoms with Gasteiger partial charge in [-0.3, -0.25) is 0 Å². The lowest BCUT2D eigenvalue weighted by Crippen LogP contribution is -2.47. The quantitative estimate of drug-likeness (QED) is 0.0940. The zero-order valence-electron chi connectivity index (χ0n) is 28.5. The normalized spacial score (nSPS) is 27.2. The van der Waals surface area contributed by atoms with E-state index in [1.54, 1.807) is 33.1 Å². The molecule has 7 atom stereocenters. The summed E-state index contributed by atoms with van der Waals surface area (Å²) >= 11 is 1.76. The second kappa shape index (κ2) is 16.3. The maximum absolute atomic E-state index is 11.8. The van der Waals surface area contributed by atoms with E-state index in [4.69, 9.17) is 35.0 Å². The van der Waals surface area contributed by atoms with Crippen LogP contribution in [-0.2, 0) is 30.3 Å². The fourth-order valence-corrected chi connectivity index (χ4v) is 8.72. The van der Waals surface area contributed by atoms with Crippen molar-refractivity contribution in [3.05, 3.63) is 85.0 Å². The third-order valence-electron chi connectivity index (χ3n) is 10.1. The lowest BCUT2D eigenvalue weighted by molar-refractivity contribution is -0.168. The summed E-state index contributed by atoms with van der Waals surface area (Å²) in [6.07, 6.45) is 4.44. The Balaban J connectivity index is 1.56. The van der Waals surface area contributed by atoms with Crippen molar-refractivity contribution in [2.24, 2.45) is 22.7 Å². The molecular weight excluding hydrogens is 600 g/mol. The Morgan fingerprint density at radius 1 is 1.04 bits per heavy atom. The lowest BCUT2D eigenvalue weighted by atomic mass is 9.62. The van der Waals surface area contributed by atoms with Crippen LogP contribution in [0, 0.1) is 22.7 Å². The van der Waals surface area contributed by atoms with Gasteiger partial charge in [-0.25, -0.2) is 0 Å². The van der Waals surface area contributed by atoms with Crippen LogP contribution in [0.25, 0.3) is 0 Å². The van der Waals surface area contributed by atoms with Gasteiger partial charge < -0.3 is 33.5 Å². The maximum atomic E-state index is 11.8. The first-order chi connectivity index (χ1) is 22.0.